The van der Waals surface area contributed by atoms with Gasteiger partial charge in [0.05, 0.1) is 6.61 Å². The molecule has 15 heavy (non-hydrogen) atoms. The number of carbonyl (C=O) groups excluding carboxylic acids is 1. The summed E-state index contributed by atoms with van der Waals surface area (Å²) in [5, 5.41) is 0. The zero-order chi connectivity index (χ0) is 11.3. The molecule has 0 aliphatic heterocycles. The van der Waals surface area contributed by atoms with Crippen LogP contribution in [0.3, 0.4) is 0 Å². The third-order valence-corrected chi connectivity index (χ3v) is 1.95. The van der Waals surface area contributed by atoms with Gasteiger partial charge in [0.2, 0.25) is 0 Å². The Hall–Kier alpha value is -1.16. The van der Waals surface area contributed by atoms with Gasteiger partial charge in [0.1, 0.15) is 6.29 Å². The highest BCUT2D eigenvalue weighted by Crippen LogP contribution is 2.22. The molecule has 1 rings (SSSR count). The highest BCUT2D eigenvalue weighted by atomic mass is 35.5. The second-order valence-electron chi connectivity index (χ2n) is 2.82. The van der Waals surface area contributed by atoms with Crippen LogP contribution in [-0.2, 0) is 0 Å². The molecule has 0 aromatic heterocycles. The molecule has 1 aromatic carbocycles. The van der Waals surface area contributed by atoms with Crippen LogP contribution < -0.4 is 4.74 Å². The lowest BCUT2D eigenvalue weighted by atomic mass is 10.2. The van der Waals surface area contributed by atoms with Gasteiger partial charge in [-0.3, -0.25) is 4.79 Å². The summed E-state index contributed by atoms with van der Waals surface area (Å²) < 4.78 is 31.2. The number of carbonyl (C=O) groups is 1. The third kappa shape index (κ3) is 3.16. The standard InChI is InChI=1S/C10H9ClF2O2/c11-2-1-3-15-10-8(12)4-7(6-14)5-9(10)13/h4-6H,1-3H2. The number of halogens is 3. The van der Waals surface area contributed by atoms with Crippen molar-refractivity contribution in [3.05, 3.63) is 29.3 Å². The normalized spacial score (nSPS) is 10.1. The van der Waals surface area contributed by atoms with Crippen molar-refractivity contribution >= 4 is 17.9 Å². The largest absolute Gasteiger partial charge is 0.488 e. The number of hydrogen-bond donors (Lipinski definition) is 0. The van der Waals surface area contributed by atoms with Crippen LogP contribution in [-0.4, -0.2) is 18.8 Å². The van der Waals surface area contributed by atoms with E-state index in [1.165, 1.54) is 0 Å². The average Bonchev–Trinajstić information content (AvgIpc) is 2.22. The lowest BCUT2D eigenvalue weighted by molar-refractivity contribution is 0.112. The first-order valence-corrected chi connectivity index (χ1v) is 4.85. The van der Waals surface area contributed by atoms with E-state index >= 15 is 0 Å². The van der Waals surface area contributed by atoms with Crippen LogP contribution in [0.1, 0.15) is 16.8 Å². The van der Waals surface area contributed by atoms with Crippen molar-refractivity contribution in [2.45, 2.75) is 6.42 Å². The smallest absolute Gasteiger partial charge is 0.190 e. The van der Waals surface area contributed by atoms with Crippen molar-refractivity contribution in [1.82, 2.24) is 0 Å². The molecule has 0 bridgehead atoms. The van der Waals surface area contributed by atoms with E-state index in [-0.39, 0.29) is 12.2 Å². The maximum Gasteiger partial charge on any atom is 0.190 e. The van der Waals surface area contributed by atoms with Crippen LogP contribution in [0.4, 0.5) is 8.78 Å². The maximum absolute atomic E-state index is 13.2. The van der Waals surface area contributed by atoms with Crippen molar-refractivity contribution in [1.29, 1.82) is 0 Å². The number of alkyl halides is 1. The third-order valence-electron chi connectivity index (χ3n) is 1.68. The van der Waals surface area contributed by atoms with Crippen LogP contribution in [0, 0.1) is 11.6 Å². The van der Waals surface area contributed by atoms with Crippen LogP contribution in [0.5, 0.6) is 5.75 Å². The predicted octanol–water partition coefficient (Wildman–Crippen LogP) is 2.79. The molecular formula is C10H9ClF2O2. The Kier molecular flexibility index (Phi) is 4.49. The predicted molar refractivity (Wildman–Crippen MR) is 52.6 cm³/mol. The van der Waals surface area contributed by atoms with E-state index in [2.05, 4.69) is 0 Å². The molecule has 2 nitrogen and oxygen atoms in total. The second-order valence-corrected chi connectivity index (χ2v) is 3.20. The fraction of sp³-hybridized carbons (Fsp3) is 0.300. The maximum atomic E-state index is 13.2. The van der Waals surface area contributed by atoms with Crippen LogP contribution in [0.2, 0.25) is 0 Å². The summed E-state index contributed by atoms with van der Waals surface area (Å²) in [5.74, 6) is -1.88. The molecule has 0 radical (unpaired) electrons. The summed E-state index contributed by atoms with van der Waals surface area (Å²) in [6.07, 6.45) is 0.866. The Morgan fingerprint density at radius 1 is 1.33 bits per heavy atom. The molecule has 0 fully saturated rings. The minimum Gasteiger partial charge on any atom is -0.488 e. The summed E-state index contributed by atoms with van der Waals surface area (Å²) >= 11 is 5.38. The summed E-state index contributed by atoms with van der Waals surface area (Å²) in [7, 11) is 0. The molecule has 0 aliphatic carbocycles. The van der Waals surface area contributed by atoms with E-state index in [0.29, 0.717) is 18.6 Å². The summed E-state index contributed by atoms with van der Waals surface area (Å²) in [4.78, 5) is 10.3. The fourth-order valence-electron chi connectivity index (χ4n) is 1.01. The van der Waals surface area contributed by atoms with Crippen molar-refractivity contribution < 1.29 is 18.3 Å². The molecule has 0 aliphatic rings. The van der Waals surface area contributed by atoms with E-state index < -0.39 is 17.4 Å². The average molecular weight is 235 g/mol. The summed E-state index contributed by atoms with van der Waals surface area (Å²) in [6, 6.07) is 1.85. The minimum atomic E-state index is -0.883. The number of rotatable bonds is 5. The topological polar surface area (TPSA) is 26.3 Å². The first-order chi connectivity index (χ1) is 7.19. The lowest BCUT2D eigenvalue weighted by Gasteiger charge is -2.07. The van der Waals surface area contributed by atoms with Gasteiger partial charge in [0.25, 0.3) is 0 Å². The van der Waals surface area contributed by atoms with Crippen LogP contribution >= 0.6 is 11.6 Å². The van der Waals surface area contributed by atoms with Gasteiger partial charge in [-0.2, -0.15) is 0 Å². The number of benzene rings is 1. The van der Waals surface area contributed by atoms with E-state index in [1.807, 2.05) is 0 Å². The number of hydrogen-bond acceptors (Lipinski definition) is 2. The van der Waals surface area contributed by atoms with E-state index in [1.54, 1.807) is 0 Å². The Labute approximate surface area is 90.8 Å². The SMILES string of the molecule is O=Cc1cc(F)c(OCCCCl)c(F)c1. The van der Waals surface area contributed by atoms with Gasteiger partial charge < -0.3 is 4.74 Å². The first kappa shape index (κ1) is 11.9. The monoisotopic (exact) mass is 234 g/mol. The van der Waals surface area contributed by atoms with Crippen molar-refractivity contribution in [2.24, 2.45) is 0 Å². The molecule has 5 heteroatoms. The molecule has 0 saturated heterocycles. The molecule has 0 atom stereocenters. The van der Waals surface area contributed by atoms with E-state index in [0.717, 1.165) is 12.1 Å². The second kappa shape index (κ2) is 5.66. The fourth-order valence-corrected chi connectivity index (χ4v) is 1.12. The lowest BCUT2D eigenvalue weighted by Crippen LogP contribution is -2.02. The van der Waals surface area contributed by atoms with Gasteiger partial charge in [0.15, 0.2) is 17.4 Å². The summed E-state index contributed by atoms with van der Waals surface area (Å²) in [6.45, 7) is 0.137. The highest BCUT2D eigenvalue weighted by Gasteiger charge is 2.12. The Morgan fingerprint density at radius 2 is 1.93 bits per heavy atom. The number of ether oxygens (including phenoxy) is 1. The van der Waals surface area contributed by atoms with Gasteiger partial charge in [-0.1, -0.05) is 0 Å². The Balaban J connectivity index is 2.83. The Bertz CT molecular complexity index is 332. The molecule has 0 unspecified atom stereocenters. The van der Waals surface area contributed by atoms with Crippen LogP contribution in [0.25, 0.3) is 0 Å². The summed E-state index contributed by atoms with van der Waals surface area (Å²) in [5.41, 5.74) is -0.0605. The zero-order valence-electron chi connectivity index (χ0n) is 7.80. The molecule has 1 aromatic rings. The van der Waals surface area contributed by atoms with Gasteiger partial charge >= 0.3 is 0 Å². The van der Waals surface area contributed by atoms with Gasteiger partial charge in [-0.25, -0.2) is 8.78 Å². The molecular weight excluding hydrogens is 226 g/mol. The van der Waals surface area contributed by atoms with Crippen molar-refractivity contribution in [3.63, 3.8) is 0 Å². The minimum absolute atomic E-state index is 0.0605. The van der Waals surface area contributed by atoms with Crippen molar-refractivity contribution in [2.75, 3.05) is 12.5 Å². The van der Waals surface area contributed by atoms with E-state index in [9.17, 15) is 13.6 Å². The molecule has 0 spiro atoms. The highest BCUT2D eigenvalue weighted by molar-refractivity contribution is 6.17. The molecule has 0 saturated carbocycles. The Morgan fingerprint density at radius 3 is 2.40 bits per heavy atom. The molecule has 82 valence electrons. The van der Waals surface area contributed by atoms with Crippen LogP contribution in [0.15, 0.2) is 12.1 Å². The first-order valence-electron chi connectivity index (χ1n) is 4.32. The molecule has 0 amide bonds. The van der Waals surface area contributed by atoms with Gasteiger partial charge in [-0.05, 0) is 18.6 Å². The zero-order valence-corrected chi connectivity index (χ0v) is 8.56. The number of aldehydes is 1. The van der Waals surface area contributed by atoms with Gasteiger partial charge in [-0.15, -0.1) is 11.6 Å². The van der Waals surface area contributed by atoms with Crippen molar-refractivity contribution in [3.8, 4) is 5.75 Å². The van der Waals surface area contributed by atoms with E-state index in [4.69, 9.17) is 16.3 Å². The molecule has 0 heterocycles. The van der Waals surface area contributed by atoms with Gasteiger partial charge in [0, 0.05) is 11.4 Å². The quantitative estimate of drug-likeness (QED) is 0.445. The molecule has 0 N–H and O–H groups in total.